The average molecular weight is 630 g/mol. The van der Waals surface area contributed by atoms with Crippen LogP contribution in [0.1, 0.15) is 48.5 Å². The predicted molar refractivity (Wildman–Crippen MR) is 163 cm³/mol. The zero-order valence-corrected chi connectivity index (χ0v) is 25.5. The Morgan fingerprint density at radius 2 is 1.61 bits per heavy atom. The number of likely N-dealkylation sites (tertiary alicyclic amines) is 1. The van der Waals surface area contributed by atoms with Crippen molar-refractivity contribution >= 4 is 27.6 Å². The van der Waals surface area contributed by atoms with Gasteiger partial charge in [0.05, 0.1) is 16.1 Å². The maximum Gasteiger partial charge on any atom is 0.322 e. The smallest absolute Gasteiger partial charge is 0.322 e. The van der Waals surface area contributed by atoms with Crippen LogP contribution in [-0.2, 0) is 16.6 Å². The number of rotatable bonds is 12. The summed E-state index contributed by atoms with van der Waals surface area (Å²) in [6, 6.07) is 14.7. The van der Waals surface area contributed by atoms with Gasteiger partial charge < -0.3 is 20.7 Å². The van der Waals surface area contributed by atoms with Crippen molar-refractivity contribution in [2.75, 3.05) is 32.0 Å². The quantitative estimate of drug-likeness (QED) is 0.256. The third-order valence-corrected chi connectivity index (χ3v) is 8.97. The zero-order chi connectivity index (χ0) is 31.9. The van der Waals surface area contributed by atoms with Crippen LogP contribution in [0.15, 0.2) is 65.6 Å². The number of ether oxygens (including phenoxy) is 1. The average Bonchev–Trinajstić information content (AvgIpc) is 3.00. The number of carbonyl (C=O) groups excluding carboxylic acids is 2. The molecular formula is C31H37F2N5O5S. The van der Waals surface area contributed by atoms with E-state index in [0.717, 1.165) is 50.4 Å². The van der Waals surface area contributed by atoms with E-state index >= 15 is 0 Å². The van der Waals surface area contributed by atoms with Crippen molar-refractivity contribution in [3.63, 3.8) is 0 Å². The lowest BCUT2D eigenvalue weighted by Gasteiger charge is -2.38. The molecule has 0 aliphatic carbocycles. The van der Waals surface area contributed by atoms with Gasteiger partial charge in [0, 0.05) is 38.3 Å². The first-order valence-corrected chi connectivity index (χ1v) is 15.9. The van der Waals surface area contributed by atoms with Crippen molar-refractivity contribution in [1.29, 1.82) is 0 Å². The molecule has 3 aromatic rings. The standard InChI is InChI=1S/C31H37F2N5O5S/c1-3-4-15-38(31(40)36-29-18-26(30(34)39)27(32)19-28(29)33)22-13-16-37(17-14-22)20-21-5-7-23(8-6-21)43-24-9-11-25(12-10-24)44(41,42)35-2/h5-12,18-19,22,35H,3-4,13-17,20H2,1-2H3,(H2,34,39)(H,36,40). The Morgan fingerprint density at radius 1 is 1.00 bits per heavy atom. The van der Waals surface area contributed by atoms with Gasteiger partial charge in [0.1, 0.15) is 23.1 Å². The minimum atomic E-state index is -3.52. The van der Waals surface area contributed by atoms with Crippen LogP contribution in [0.5, 0.6) is 11.5 Å². The minimum absolute atomic E-state index is 0.0674. The van der Waals surface area contributed by atoms with Crippen LogP contribution in [0, 0.1) is 11.6 Å². The van der Waals surface area contributed by atoms with Gasteiger partial charge in [-0.3, -0.25) is 9.69 Å². The second kappa shape index (κ2) is 14.6. The topological polar surface area (TPSA) is 134 Å². The van der Waals surface area contributed by atoms with Crippen molar-refractivity contribution in [2.24, 2.45) is 5.73 Å². The summed E-state index contributed by atoms with van der Waals surface area (Å²) in [6.45, 7) is 4.70. The van der Waals surface area contributed by atoms with Gasteiger partial charge in [-0.1, -0.05) is 25.5 Å². The number of sulfonamides is 1. The highest BCUT2D eigenvalue weighted by molar-refractivity contribution is 7.89. The van der Waals surface area contributed by atoms with Crippen LogP contribution in [0.25, 0.3) is 0 Å². The molecule has 1 saturated heterocycles. The molecule has 0 aromatic heterocycles. The molecule has 10 nitrogen and oxygen atoms in total. The number of primary amides is 1. The van der Waals surface area contributed by atoms with E-state index in [1.54, 1.807) is 17.0 Å². The van der Waals surface area contributed by atoms with E-state index in [2.05, 4.69) is 14.9 Å². The Morgan fingerprint density at radius 3 is 2.18 bits per heavy atom. The second-order valence-electron chi connectivity index (χ2n) is 10.6. The molecule has 44 heavy (non-hydrogen) atoms. The first-order valence-electron chi connectivity index (χ1n) is 14.4. The normalized spacial score (nSPS) is 14.3. The number of carbonyl (C=O) groups is 2. The Kier molecular flexibility index (Phi) is 10.9. The monoisotopic (exact) mass is 629 g/mol. The number of urea groups is 1. The van der Waals surface area contributed by atoms with Crippen LogP contribution < -0.4 is 20.5 Å². The Bertz CT molecular complexity index is 1560. The van der Waals surface area contributed by atoms with Gasteiger partial charge in [0.25, 0.3) is 5.91 Å². The molecule has 0 unspecified atom stereocenters. The highest BCUT2D eigenvalue weighted by atomic mass is 32.2. The van der Waals surface area contributed by atoms with Gasteiger partial charge in [0.2, 0.25) is 10.0 Å². The molecule has 0 saturated carbocycles. The van der Waals surface area contributed by atoms with Crippen LogP contribution in [0.3, 0.4) is 0 Å². The summed E-state index contributed by atoms with van der Waals surface area (Å²) >= 11 is 0. The molecule has 1 aliphatic heterocycles. The van der Waals surface area contributed by atoms with Crippen molar-refractivity contribution < 1.29 is 31.5 Å². The van der Waals surface area contributed by atoms with Gasteiger partial charge in [-0.25, -0.2) is 26.7 Å². The van der Waals surface area contributed by atoms with Crippen LogP contribution >= 0.6 is 0 Å². The maximum absolute atomic E-state index is 14.4. The Hall–Kier alpha value is -4.07. The van der Waals surface area contributed by atoms with Crippen LogP contribution in [-0.4, -0.2) is 62.9 Å². The summed E-state index contributed by atoms with van der Waals surface area (Å²) in [5.74, 6) is -1.98. The first-order chi connectivity index (χ1) is 21.0. The van der Waals surface area contributed by atoms with E-state index in [0.29, 0.717) is 30.7 Å². The fraction of sp³-hybridized carbons (Fsp3) is 0.355. The third kappa shape index (κ3) is 8.30. The maximum atomic E-state index is 14.4. The second-order valence-corrected chi connectivity index (χ2v) is 12.5. The molecule has 4 N–H and O–H groups in total. The molecule has 0 spiro atoms. The Balaban J connectivity index is 1.32. The van der Waals surface area contributed by atoms with Gasteiger partial charge in [-0.05, 0) is 74.3 Å². The number of piperidine rings is 1. The lowest BCUT2D eigenvalue weighted by atomic mass is 10.0. The largest absolute Gasteiger partial charge is 0.457 e. The zero-order valence-electron chi connectivity index (χ0n) is 24.7. The first kappa shape index (κ1) is 32.8. The molecule has 1 fully saturated rings. The van der Waals surface area contributed by atoms with Crippen LogP contribution in [0.2, 0.25) is 0 Å². The molecule has 1 heterocycles. The number of halogens is 2. The molecule has 236 valence electrons. The lowest BCUT2D eigenvalue weighted by molar-refractivity contribution is 0.0996. The van der Waals surface area contributed by atoms with Gasteiger partial charge in [0.15, 0.2) is 0 Å². The molecule has 3 aromatic carbocycles. The number of hydrogen-bond acceptors (Lipinski definition) is 6. The summed E-state index contributed by atoms with van der Waals surface area (Å²) in [5, 5.41) is 2.51. The summed E-state index contributed by atoms with van der Waals surface area (Å²) < 4.78 is 60.2. The molecule has 3 amide bonds. The number of nitrogens with two attached hydrogens (primary N) is 1. The van der Waals surface area contributed by atoms with E-state index in [4.69, 9.17) is 10.5 Å². The van der Waals surface area contributed by atoms with Crippen molar-refractivity contribution in [3.8, 4) is 11.5 Å². The third-order valence-electron chi connectivity index (χ3n) is 7.54. The van der Waals surface area contributed by atoms with Crippen molar-refractivity contribution in [1.82, 2.24) is 14.5 Å². The highest BCUT2D eigenvalue weighted by Crippen LogP contribution is 2.26. The van der Waals surface area contributed by atoms with Crippen molar-refractivity contribution in [2.45, 2.75) is 50.1 Å². The molecule has 4 rings (SSSR count). The van der Waals surface area contributed by atoms with E-state index < -0.39 is 39.2 Å². The van der Waals surface area contributed by atoms with Crippen molar-refractivity contribution in [3.05, 3.63) is 83.4 Å². The van der Waals surface area contributed by atoms with Gasteiger partial charge in [-0.2, -0.15) is 0 Å². The number of anilines is 1. The number of unbranched alkanes of at least 4 members (excludes halogenated alkanes) is 1. The Labute approximate surface area is 256 Å². The fourth-order valence-electron chi connectivity index (χ4n) is 5.05. The van der Waals surface area contributed by atoms with Gasteiger partial charge >= 0.3 is 6.03 Å². The number of nitrogens with one attached hydrogen (secondary N) is 2. The molecule has 0 radical (unpaired) electrons. The summed E-state index contributed by atoms with van der Waals surface area (Å²) in [6.07, 6.45) is 3.06. The van der Waals surface area contributed by atoms with E-state index in [1.165, 1.54) is 19.2 Å². The van der Waals surface area contributed by atoms with E-state index in [1.807, 2.05) is 31.2 Å². The highest BCUT2D eigenvalue weighted by Gasteiger charge is 2.28. The summed E-state index contributed by atoms with van der Waals surface area (Å²) in [4.78, 5) is 28.9. The number of benzene rings is 3. The lowest BCUT2D eigenvalue weighted by Crippen LogP contribution is -2.49. The van der Waals surface area contributed by atoms with E-state index in [-0.39, 0.29) is 16.6 Å². The minimum Gasteiger partial charge on any atom is -0.457 e. The summed E-state index contributed by atoms with van der Waals surface area (Å²) in [7, 11) is -2.16. The fourth-order valence-corrected chi connectivity index (χ4v) is 5.78. The SMILES string of the molecule is CCCCN(C(=O)Nc1cc(C(N)=O)c(F)cc1F)C1CCN(Cc2ccc(Oc3ccc(S(=O)(=O)NC)cc3)cc2)CC1. The molecule has 13 heteroatoms. The number of hydrogen-bond donors (Lipinski definition) is 3. The number of amides is 3. The van der Waals surface area contributed by atoms with Crippen LogP contribution in [0.4, 0.5) is 19.3 Å². The molecule has 0 atom stereocenters. The molecular weight excluding hydrogens is 592 g/mol. The summed E-state index contributed by atoms with van der Waals surface area (Å²) in [5.41, 5.74) is 5.48. The predicted octanol–water partition coefficient (Wildman–Crippen LogP) is 5.06. The molecule has 0 bridgehead atoms. The number of nitrogens with zero attached hydrogens (tertiary/aromatic N) is 2. The van der Waals surface area contributed by atoms with Gasteiger partial charge in [-0.15, -0.1) is 0 Å². The van der Waals surface area contributed by atoms with E-state index in [9.17, 15) is 26.8 Å². The molecule has 1 aliphatic rings.